The third kappa shape index (κ3) is 3.88. The number of imidazole rings is 1. The highest BCUT2D eigenvalue weighted by molar-refractivity contribution is 5.97. The predicted octanol–water partition coefficient (Wildman–Crippen LogP) is 2.85. The minimum absolute atomic E-state index is 0.0646. The van der Waals surface area contributed by atoms with Crippen molar-refractivity contribution in [2.24, 2.45) is 0 Å². The first kappa shape index (κ1) is 17.7. The highest BCUT2D eigenvalue weighted by atomic mass is 16.2. The molecule has 0 spiro atoms. The standard InChI is InChI=1S/C20H26N6O/c1-2-26(20(27)19-10-18-17(25-19)7-4-8-22-18)16-6-3-5-14(9-16)23-12-15-11-21-13-24-15/h4,7-8,10-11,13-14,16,23,25H,2-3,5-6,9,12H2,1H3,(H,21,24). The second kappa shape index (κ2) is 7.92. The van der Waals surface area contributed by atoms with Crippen LogP contribution in [-0.2, 0) is 6.54 Å². The number of nitrogens with zero attached hydrogens (tertiary/aromatic N) is 3. The Balaban J connectivity index is 1.43. The molecule has 0 radical (unpaired) electrons. The van der Waals surface area contributed by atoms with Crippen molar-refractivity contribution in [3.63, 3.8) is 0 Å². The number of rotatable bonds is 6. The van der Waals surface area contributed by atoms with E-state index in [4.69, 9.17) is 0 Å². The van der Waals surface area contributed by atoms with Crippen molar-refractivity contribution in [2.45, 2.75) is 51.2 Å². The summed E-state index contributed by atoms with van der Waals surface area (Å²) in [5, 5.41) is 3.61. The lowest BCUT2D eigenvalue weighted by molar-refractivity contribution is 0.0623. The first-order chi connectivity index (χ1) is 13.2. The second-order valence-electron chi connectivity index (χ2n) is 7.19. The number of carbonyl (C=O) groups excluding carboxylic acids is 1. The van der Waals surface area contributed by atoms with Crippen molar-refractivity contribution in [1.29, 1.82) is 0 Å². The highest BCUT2D eigenvalue weighted by Crippen LogP contribution is 2.25. The summed E-state index contributed by atoms with van der Waals surface area (Å²) in [5.41, 5.74) is 3.45. The van der Waals surface area contributed by atoms with Crippen molar-refractivity contribution in [1.82, 2.24) is 30.2 Å². The van der Waals surface area contributed by atoms with Crippen LogP contribution in [0.1, 0.15) is 48.8 Å². The summed E-state index contributed by atoms with van der Waals surface area (Å²) >= 11 is 0. The van der Waals surface area contributed by atoms with Crippen molar-refractivity contribution < 1.29 is 4.79 Å². The third-order valence-electron chi connectivity index (χ3n) is 5.44. The molecule has 3 N–H and O–H groups in total. The quantitative estimate of drug-likeness (QED) is 0.626. The molecule has 1 saturated carbocycles. The number of carbonyl (C=O) groups is 1. The molecule has 3 aromatic heterocycles. The highest BCUT2D eigenvalue weighted by Gasteiger charge is 2.30. The minimum Gasteiger partial charge on any atom is -0.349 e. The van der Waals surface area contributed by atoms with Crippen LogP contribution in [0.2, 0.25) is 0 Å². The molecule has 0 saturated heterocycles. The van der Waals surface area contributed by atoms with Gasteiger partial charge in [-0.1, -0.05) is 0 Å². The van der Waals surface area contributed by atoms with Gasteiger partial charge in [0.2, 0.25) is 0 Å². The van der Waals surface area contributed by atoms with Crippen molar-refractivity contribution in [2.75, 3.05) is 6.54 Å². The minimum atomic E-state index is 0.0646. The summed E-state index contributed by atoms with van der Waals surface area (Å²) in [6, 6.07) is 6.36. The zero-order valence-corrected chi connectivity index (χ0v) is 15.6. The SMILES string of the molecule is CCN(C(=O)c1cc2ncccc2[nH]1)C1CCCC(NCc2cnc[nH]2)C1. The largest absolute Gasteiger partial charge is 0.349 e. The van der Waals surface area contributed by atoms with Crippen molar-refractivity contribution in [3.8, 4) is 0 Å². The van der Waals surface area contributed by atoms with Gasteiger partial charge >= 0.3 is 0 Å². The summed E-state index contributed by atoms with van der Waals surface area (Å²) in [4.78, 5) is 29.9. The van der Waals surface area contributed by atoms with Crippen LogP contribution in [0, 0.1) is 0 Å². The summed E-state index contributed by atoms with van der Waals surface area (Å²) in [7, 11) is 0. The van der Waals surface area contributed by atoms with E-state index in [1.54, 1.807) is 12.5 Å². The molecule has 0 aliphatic heterocycles. The Hall–Kier alpha value is -2.67. The van der Waals surface area contributed by atoms with Crippen molar-refractivity contribution >= 4 is 16.9 Å². The molecule has 1 aliphatic rings. The molecule has 7 heteroatoms. The number of nitrogens with one attached hydrogen (secondary N) is 3. The Morgan fingerprint density at radius 2 is 2.33 bits per heavy atom. The number of H-pyrrole nitrogens is 2. The maximum Gasteiger partial charge on any atom is 0.270 e. The maximum absolute atomic E-state index is 13.1. The molecule has 3 heterocycles. The molecule has 27 heavy (non-hydrogen) atoms. The topological polar surface area (TPSA) is 89.7 Å². The van der Waals surface area contributed by atoms with Crippen LogP contribution in [0.3, 0.4) is 0 Å². The zero-order chi connectivity index (χ0) is 18.6. The van der Waals surface area contributed by atoms with Crippen LogP contribution >= 0.6 is 0 Å². The van der Waals surface area contributed by atoms with Crippen LogP contribution in [0.5, 0.6) is 0 Å². The molecule has 1 amide bonds. The summed E-state index contributed by atoms with van der Waals surface area (Å²) in [6.07, 6.45) is 9.61. The monoisotopic (exact) mass is 366 g/mol. The van der Waals surface area contributed by atoms with E-state index in [-0.39, 0.29) is 11.9 Å². The predicted molar refractivity (Wildman–Crippen MR) is 104 cm³/mol. The lowest BCUT2D eigenvalue weighted by Crippen LogP contribution is -2.46. The number of aromatic amines is 2. The van der Waals surface area contributed by atoms with Crippen LogP contribution in [0.25, 0.3) is 11.0 Å². The van der Waals surface area contributed by atoms with Crippen LogP contribution < -0.4 is 5.32 Å². The molecular weight excluding hydrogens is 340 g/mol. The zero-order valence-electron chi connectivity index (χ0n) is 15.6. The Morgan fingerprint density at radius 3 is 3.11 bits per heavy atom. The van der Waals surface area contributed by atoms with Crippen LogP contribution in [-0.4, -0.2) is 49.4 Å². The number of hydrogen-bond donors (Lipinski definition) is 3. The molecule has 4 rings (SSSR count). The molecule has 1 fully saturated rings. The van der Waals surface area contributed by atoms with Gasteiger partial charge in [0.25, 0.3) is 5.91 Å². The molecule has 0 bridgehead atoms. The first-order valence-electron chi connectivity index (χ1n) is 9.70. The molecular formula is C20H26N6O. The fourth-order valence-corrected chi connectivity index (χ4v) is 4.06. The lowest BCUT2D eigenvalue weighted by Gasteiger charge is -2.37. The summed E-state index contributed by atoms with van der Waals surface area (Å²) in [5.74, 6) is 0.0646. The van der Waals surface area contributed by atoms with E-state index in [1.807, 2.05) is 29.3 Å². The average molecular weight is 366 g/mol. The van der Waals surface area contributed by atoms with E-state index < -0.39 is 0 Å². The molecule has 142 valence electrons. The van der Waals surface area contributed by atoms with Gasteiger partial charge in [-0.25, -0.2) is 4.98 Å². The number of fused-ring (bicyclic) bond motifs is 1. The Kier molecular flexibility index (Phi) is 5.20. The van der Waals surface area contributed by atoms with Gasteiger partial charge < -0.3 is 20.2 Å². The fraction of sp³-hybridized carbons (Fsp3) is 0.450. The summed E-state index contributed by atoms with van der Waals surface area (Å²) in [6.45, 7) is 3.55. The number of pyridine rings is 1. The first-order valence-corrected chi connectivity index (χ1v) is 9.70. The molecule has 2 atom stereocenters. The van der Waals surface area contributed by atoms with E-state index in [2.05, 4.69) is 32.2 Å². The van der Waals surface area contributed by atoms with Gasteiger partial charge in [-0.05, 0) is 50.8 Å². The number of hydrogen-bond acceptors (Lipinski definition) is 4. The average Bonchev–Trinajstić information content (AvgIpc) is 3.37. The van der Waals surface area contributed by atoms with Crippen LogP contribution in [0.15, 0.2) is 36.9 Å². The smallest absolute Gasteiger partial charge is 0.270 e. The molecule has 0 aromatic carbocycles. The number of amides is 1. The lowest BCUT2D eigenvalue weighted by atomic mass is 9.89. The molecule has 1 aliphatic carbocycles. The second-order valence-corrected chi connectivity index (χ2v) is 7.19. The van der Waals surface area contributed by atoms with Gasteiger partial charge in [0, 0.05) is 43.3 Å². The Labute approximate surface area is 158 Å². The molecule has 2 unspecified atom stereocenters. The summed E-state index contributed by atoms with van der Waals surface area (Å²) < 4.78 is 0. The third-order valence-corrected chi connectivity index (χ3v) is 5.44. The van der Waals surface area contributed by atoms with Crippen molar-refractivity contribution in [3.05, 3.63) is 48.3 Å². The molecule has 7 nitrogen and oxygen atoms in total. The van der Waals surface area contributed by atoms with E-state index in [0.717, 1.165) is 49.0 Å². The van der Waals surface area contributed by atoms with E-state index in [1.165, 1.54) is 0 Å². The molecule has 3 aromatic rings. The van der Waals surface area contributed by atoms with E-state index in [0.29, 0.717) is 18.3 Å². The Bertz CT molecular complexity index is 854. The fourth-order valence-electron chi connectivity index (χ4n) is 4.06. The van der Waals surface area contributed by atoms with E-state index >= 15 is 0 Å². The number of aromatic nitrogens is 4. The van der Waals surface area contributed by atoms with Gasteiger partial charge in [-0.2, -0.15) is 0 Å². The van der Waals surface area contributed by atoms with Gasteiger partial charge in [0.05, 0.1) is 17.4 Å². The van der Waals surface area contributed by atoms with Crippen LogP contribution in [0.4, 0.5) is 0 Å². The maximum atomic E-state index is 13.1. The van der Waals surface area contributed by atoms with E-state index in [9.17, 15) is 4.79 Å². The van der Waals surface area contributed by atoms with Gasteiger partial charge in [-0.3, -0.25) is 9.78 Å². The van der Waals surface area contributed by atoms with Gasteiger partial charge in [0.15, 0.2) is 0 Å². The Morgan fingerprint density at radius 1 is 1.41 bits per heavy atom. The normalized spacial score (nSPS) is 20.0. The van der Waals surface area contributed by atoms with Gasteiger partial charge in [-0.15, -0.1) is 0 Å². The van der Waals surface area contributed by atoms with Gasteiger partial charge in [0.1, 0.15) is 5.69 Å².